The van der Waals surface area contributed by atoms with Crippen molar-refractivity contribution in [1.29, 1.82) is 0 Å². The lowest BCUT2D eigenvalue weighted by Crippen LogP contribution is -2.51. The molecule has 0 aromatic heterocycles. The minimum Gasteiger partial charge on any atom is -0.545 e. The number of amides is 1. The Balaban J connectivity index is 1.28. The number of halogens is 3. The first-order valence-corrected chi connectivity index (χ1v) is 21.6. The third kappa shape index (κ3) is 7.91. The molecule has 3 aliphatic heterocycles. The van der Waals surface area contributed by atoms with E-state index in [0.29, 0.717) is 53.8 Å². The smallest absolute Gasteiger partial charge is 0.251 e. The first kappa shape index (κ1) is 37.1. The van der Waals surface area contributed by atoms with Crippen molar-refractivity contribution in [3.63, 3.8) is 0 Å². The van der Waals surface area contributed by atoms with E-state index in [1.807, 2.05) is 21.6 Å². The van der Waals surface area contributed by atoms with Crippen molar-refractivity contribution in [3.8, 4) is 0 Å². The van der Waals surface area contributed by atoms with Crippen molar-refractivity contribution < 1.29 is 37.5 Å². The number of rotatable bonds is 16. The van der Waals surface area contributed by atoms with Crippen LogP contribution in [0.25, 0.3) is 5.57 Å². The van der Waals surface area contributed by atoms with E-state index in [4.69, 9.17) is 21.1 Å². The molecule has 4 aliphatic rings. The van der Waals surface area contributed by atoms with Crippen LogP contribution in [0.4, 0.5) is 14.5 Å². The molecule has 272 valence electrons. The highest BCUT2D eigenvalue weighted by atomic mass is 35.5. The van der Waals surface area contributed by atoms with E-state index in [9.17, 15) is 14.7 Å². The van der Waals surface area contributed by atoms with Gasteiger partial charge in [0.2, 0.25) is 5.71 Å². The van der Waals surface area contributed by atoms with E-state index in [1.54, 1.807) is 0 Å². The zero-order valence-corrected chi connectivity index (χ0v) is 31.2. The molecule has 0 bridgehead atoms. The third-order valence-electron chi connectivity index (χ3n) is 10.3. The molecule has 3 heterocycles. The molecule has 0 unspecified atom stereocenters. The van der Waals surface area contributed by atoms with Gasteiger partial charge in [0.25, 0.3) is 5.91 Å². The molecular formula is C39H46ClF2N3O5Si. The molecule has 0 radical (unpaired) electrons. The summed E-state index contributed by atoms with van der Waals surface area (Å²) < 4.78 is 45.1. The summed E-state index contributed by atoms with van der Waals surface area (Å²) >= 11 is 5.70. The average Bonchev–Trinajstić information content (AvgIpc) is 3.05. The van der Waals surface area contributed by atoms with E-state index in [1.165, 1.54) is 30.3 Å². The second-order valence-corrected chi connectivity index (χ2v) is 18.7. The van der Waals surface area contributed by atoms with Crippen molar-refractivity contribution in [2.75, 3.05) is 69.9 Å². The number of ether oxygens (including phenoxy) is 2. The molecule has 1 aliphatic carbocycles. The van der Waals surface area contributed by atoms with E-state index in [-0.39, 0.29) is 29.8 Å². The molecule has 2 aromatic carbocycles. The minimum absolute atomic E-state index is 0.165. The molecule has 51 heavy (non-hydrogen) atoms. The highest BCUT2D eigenvalue weighted by Gasteiger charge is 2.44. The van der Waals surface area contributed by atoms with Crippen LogP contribution in [0.5, 0.6) is 0 Å². The standard InChI is InChI=1S/C39H46ClF2N3O5Si/c1-51(2)35-24-33(44-13-7-14-44)31(41)22-29(35)37(30-23-32(42)34(25-36(30)51)45-15-8-16-45)28-21-26(9-10-27(28)39(47)48)38(46)43-12-18-50-20-19-49-17-6-4-3-5-11-40/h9-10,21-25H,3-8,11-20H2,1-2H3,(H-,43,46,47,48). The number of alkyl halides is 1. The Labute approximate surface area is 304 Å². The number of aromatic carboxylic acids is 1. The Kier molecular flexibility index (Phi) is 11.9. The van der Waals surface area contributed by atoms with Gasteiger partial charge in [-0.25, -0.2) is 8.97 Å². The number of carbonyl (C=O) groups is 2. The molecule has 2 aromatic rings. The number of carbonyl (C=O) groups excluding carboxylic acids is 2. The van der Waals surface area contributed by atoms with Crippen molar-refractivity contribution >= 4 is 53.7 Å². The lowest BCUT2D eigenvalue weighted by molar-refractivity contribution is -0.582. The predicted molar refractivity (Wildman–Crippen MR) is 197 cm³/mol. The maximum atomic E-state index is 15.9. The maximum Gasteiger partial charge on any atom is 0.251 e. The lowest BCUT2D eigenvalue weighted by Gasteiger charge is -2.40. The molecule has 6 rings (SSSR count). The number of allylic oxidation sites excluding steroid dienone is 5. The molecule has 2 saturated heterocycles. The van der Waals surface area contributed by atoms with Gasteiger partial charge in [0.1, 0.15) is 27.0 Å². The Morgan fingerprint density at radius 3 is 2.35 bits per heavy atom. The topological polar surface area (TPSA) is 93.9 Å². The number of carboxylic acids is 1. The first-order valence-electron chi connectivity index (χ1n) is 18.0. The number of nitrogens with one attached hydrogen (secondary N) is 1. The highest BCUT2D eigenvalue weighted by molar-refractivity contribution is 6.98. The molecule has 0 atom stereocenters. The average molecular weight is 738 g/mol. The molecule has 0 saturated carbocycles. The van der Waals surface area contributed by atoms with Gasteiger partial charge in [-0.1, -0.05) is 32.0 Å². The lowest BCUT2D eigenvalue weighted by atomic mass is 9.86. The summed E-state index contributed by atoms with van der Waals surface area (Å²) in [6.07, 6.45) is 9.50. The van der Waals surface area contributed by atoms with E-state index >= 15 is 8.78 Å². The zero-order valence-electron chi connectivity index (χ0n) is 29.4. The number of carboxylic acid groups (broad SMARTS) is 1. The molecule has 0 spiro atoms. The van der Waals surface area contributed by atoms with Crippen LogP contribution in [0.3, 0.4) is 0 Å². The number of anilines is 1. The van der Waals surface area contributed by atoms with Crippen molar-refractivity contribution in [1.82, 2.24) is 5.32 Å². The van der Waals surface area contributed by atoms with Crippen LogP contribution in [0.1, 0.15) is 70.4 Å². The van der Waals surface area contributed by atoms with E-state index in [0.717, 1.165) is 75.1 Å². The van der Waals surface area contributed by atoms with Crippen LogP contribution < -0.4 is 20.5 Å². The number of hydrogen-bond donors (Lipinski definition) is 1. The van der Waals surface area contributed by atoms with E-state index in [2.05, 4.69) is 18.4 Å². The maximum absolute atomic E-state index is 15.9. The summed E-state index contributed by atoms with van der Waals surface area (Å²) in [5.41, 5.74) is 2.68. The summed E-state index contributed by atoms with van der Waals surface area (Å²) in [5, 5.41) is 17.3. The number of fused-ring (bicyclic) bond motifs is 2. The van der Waals surface area contributed by atoms with Gasteiger partial charge in [-0.05, 0) is 82.3 Å². The Morgan fingerprint density at radius 1 is 0.941 bits per heavy atom. The van der Waals surface area contributed by atoms with Gasteiger partial charge in [0.05, 0.1) is 37.9 Å². The Bertz CT molecular complexity index is 1810. The fourth-order valence-corrected chi connectivity index (χ4v) is 10.3. The van der Waals surface area contributed by atoms with E-state index < -0.39 is 31.6 Å². The van der Waals surface area contributed by atoms with Gasteiger partial charge in [-0.15, -0.1) is 11.6 Å². The van der Waals surface area contributed by atoms with Gasteiger partial charge in [-0.3, -0.25) is 4.79 Å². The third-order valence-corrected chi connectivity index (χ3v) is 14.1. The second-order valence-electron chi connectivity index (χ2n) is 14.0. The Hall–Kier alpha value is -3.64. The van der Waals surface area contributed by atoms with Crippen molar-refractivity contribution in [2.45, 2.75) is 51.6 Å². The Morgan fingerprint density at radius 2 is 1.69 bits per heavy atom. The number of nitrogens with zero attached hydrogens (tertiary/aromatic N) is 2. The fraction of sp³-hybridized carbons (Fsp3) is 0.462. The van der Waals surface area contributed by atoms with Crippen LogP contribution in [0, 0.1) is 5.82 Å². The van der Waals surface area contributed by atoms with Crippen LogP contribution in [-0.4, -0.2) is 95.3 Å². The summed E-state index contributed by atoms with van der Waals surface area (Å²) in [6.45, 7) is 9.38. The highest BCUT2D eigenvalue weighted by Crippen LogP contribution is 2.45. The van der Waals surface area contributed by atoms with Crippen LogP contribution in [-0.2, 0) is 9.47 Å². The normalized spacial score (nSPS) is 17.6. The molecule has 2 fully saturated rings. The number of unbranched alkanes of at least 4 members (excludes halogenated alkanes) is 3. The molecule has 1 amide bonds. The summed E-state index contributed by atoms with van der Waals surface area (Å²) in [6, 6.07) is 7.63. The van der Waals surface area contributed by atoms with Gasteiger partial charge in [0, 0.05) is 49.3 Å². The van der Waals surface area contributed by atoms with Crippen molar-refractivity contribution in [3.05, 3.63) is 87.2 Å². The van der Waals surface area contributed by atoms with Crippen LogP contribution in [0.15, 0.2) is 59.1 Å². The summed E-state index contributed by atoms with van der Waals surface area (Å²) in [7, 11) is -2.58. The SMILES string of the molecule is C[Si]1(C)C2=CC(=[N+]3CCC3)C(F)=CC2=C(c2cc(C(=O)NCCOCCOCCCCCCCl)ccc2C(=O)[O-])c2cc(F)c(N3CCC3)cc21. The first-order chi connectivity index (χ1) is 24.6. The monoisotopic (exact) mass is 737 g/mol. The predicted octanol–water partition coefficient (Wildman–Crippen LogP) is 4.88. The molecular weight excluding hydrogens is 692 g/mol. The largest absolute Gasteiger partial charge is 0.545 e. The van der Waals surface area contributed by atoms with Gasteiger partial charge in [0.15, 0.2) is 5.83 Å². The molecule has 12 heteroatoms. The summed E-state index contributed by atoms with van der Waals surface area (Å²) in [5.74, 6) is -2.04. The van der Waals surface area contributed by atoms with Gasteiger partial charge >= 0.3 is 0 Å². The fourth-order valence-electron chi connectivity index (χ4n) is 7.13. The quantitative estimate of drug-likeness (QED) is 0.114. The zero-order chi connectivity index (χ0) is 36.1. The second kappa shape index (κ2) is 16.4. The van der Waals surface area contributed by atoms with Gasteiger partial charge in [-0.2, -0.15) is 4.39 Å². The van der Waals surface area contributed by atoms with Gasteiger partial charge < -0.3 is 29.6 Å². The van der Waals surface area contributed by atoms with Crippen LogP contribution >= 0.6 is 11.6 Å². The number of benzene rings is 2. The molecule has 1 N–H and O–H groups in total. The van der Waals surface area contributed by atoms with Crippen molar-refractivity contribution in [2.24, 2.45) is 0 Å². The summed E-state index contributed by atoms with van der Waals surface area (Å²) in [4.78, 5) is 28.0. The minimum atomic E-state index is -2.58. The number of hydrogen-bond acceptors (Lipinski definition) is 6. The van der Waals surface area contributed by atoms with Crippen LogP contribution in [0.2, 0.25) is 13.1 Å². The molecule has 8 nitrogen and oxygen atoms in total.